The number of alkyl halides is 2. The van der Waals surface area contributed by atoms with Gasteiger partial charge in [0.15, 0.2) is 28.9 Å². The quantitative estimate of drug-likeness (QED) is 0.0857. The second-order valence-corrected chi connectivity index (χ2v) is 30.6. The maximum Gasteiger partial charge on any atom is 0.251 e. The molecule has 0 bridgehead atoms. The van der Waals surface area contributed by atoms with Crippen LogP contribution in [-0.4, -0.2) is 108 Å². The highest BCUT2D eigenvalue weighted by molar-refractivity contribution is 9.11. The third-order valence-electron chi connectivity index (χ3n) is 20.6. The number of aromatic nitrogens is 12. The number of pyridine rings is 2. The molecule has 4 aliphatic heterocycles. The Kier molecular flexibility index (Phi) is 14.4. The first-order valence-corrected chi connectivity index (χ1v) is 35.0. The summed E-state index contributed by atoms with van der Waals surface area (Å²) in [7, 11) is 0. The summed E-state index contributed by atoms with van der Waals surface area (Å²) < 4.78 is 58.1. The Labute approximate surface area is 551 Å². The minimum Gasteiger partial charge on any atom is -0.370 e. The van der Waals surface area contributed by atoms with Crippen LogP contribution in [0.3, 0.4) is 0 Å². The van der Waals surface area contributed by atoms with Crippen molar-refractivity contribution < 1.29 is 22.5 Å². The number of hydrogen-bond donors (Lipinski definition) is 0. The van der Waals surface area contributed by atoms with E-state index in [1.54, 1.807) is 0 Å². The molecule has 3 aromatic carbocycles. The van der Waals surface area contributed by atoms with Crippen molar-refractivity contribution in [3.8, 4) is 51.1 Å². The van der Waals surface area contributed by atoms with Gasteiger partial charge in [-0.25, -0.2) is 28.4 Å². The number of nitrogens with zero attached hydrogens (tertiary/aromatic N) is 16. The van der Waals surface area contributed by atoms with Gasteiger partial charge in [-0.3, -0.25) is 0 Å². The fourth-order valence-electron chi connectivity index (χ4n) is 14.9. The van der Waals surface area contributed by atoms with Crippen molar-refractivity contribution in [1.82, 2.24) is 49.7 Å². The lowest BCUT2D eigenvalue weighted by Crippen LogP contribution is -2.41. The van der Waals surface area contributed by atoms with Gasteiger partial charge in [-0.1, -0.05) is 62.4 Å². The average Bonchev–Trinajstić information content (AvgIpc) is 1.60. The predicted molar refractivity (Wildman–Crippen MR) is 351 cm³/mol. The molecule has 3 spiro atoms. The molecule has 7 fully saturated rings. The fraction of sp³-hybridized carbons (Fsp3) is 0.431. The monoisotopic (exact) mass is 1470 g/mol. The third kappa shape index (κ3) is 11.0. The first-order valence-electron chi connectivity index (χ1n) is 30.9. The average molecular weight is 1480 g/mol. The molecule has 3 aliphatic carbocycles. The molecule has 7 aliphatic rings. The number of benzene rings is 3. The number of aryl methyl sites for hydroxylation is 2. The van der Waals surface area contributed by atoms with Gasteiger partial charge in [-0.2, -0.15) is 4.39 Å². The number of rotatable bonds is 12. The van der Waals surface area contributed by atoms with E-state index in [0.29, 0.717) is 11.1 Å². The van der Waals surface area contributed by atoms with Gasteiger partial charge < -0.3 is 19.6 Å². The summed E-state index contributed by atoms with van der Waals surface area (Å²) in [6, 6.07) is 26.9. The Morgan fingerprint density at radius 2 is 1.08 bits per heavy atom. The molecular weight excluding hydrogens is 1410 g/mol. The Hall–Kier alpha value is -6.08. The zero-order chi connectivity index (χ0) is 60.7. The van der Waals surface area contributed by atoms with E-state index in [1.807, 2.05) is 64.8 Å². The number of anilines is 4. The van der Waals surface area contributed by atoms with E-state index in [-0.39, 0.29) is 48.8 Å². The normalized spacial score (nSPS) is 21.4. The molecule has 16 rings (SSSR count). The molecule has 16 nitrogen and oxygen atoms in total. The second-order valence-electron chi connectivity index (χ2n) is 26.2. The lowest BCUT2D eigenvalue weighted by atomic mass is 9.92. The summed E-state index contributed by atoms with van der Waals surface area (Å²) in [5.41, 5.74) is 13.3. The Balaban J connectivity index is 0.668. The van der Waals surface area contributed by atoms with Crippen molar-refractivity contribution in [3.63, 3.8) is 0 Å². The smallest absolute Gasteiger partial charge is 0.251 e. The number of hydrogen-bond acceptors (Lipinski definition) is 12. The van der Waals surface area contributed by atoms with Crippen molar-refractivity contribution in [1.29, 1.82) is 0 Å². The van der Waals surface area contributed by atoms with E-state index in [0.717, 1.165) is 169 Å². The lowest BCUT2D eigenvalue weighted by molar-refractivity contribution is -0.661. The summed E-state index contributed by atoms with van der Waals surface area (Å²) in [6.07, 6.45) is 16.7. The standard InChI is InChI=1S/C65H65Br4F3N16S/c1-40-27-46(74-60(70)28-40)55-37-85(78-87(55)57-34-63(57)13-21-81(22-14-63)52-31-43(66)3-6-49(52)84-36-47(76-77-84)42-29-41(2)73-59(69)30-42)51-8-5-45(68)33-54(51)82-23-15-64(16-24-82)35-58(64)88-56(48-39-89-61(75-48)83-25-17-65(71,72)18-26-83)38-86(79-88)50-7-4-44(67)32-53(50)80-19-11-62(9-10-62)12-20-80/h3-8,27-33,36-39,57-58H,9-26,34-35H2,1-2H3/q+2. The van der Waals surface area contributed by atoms with Gasteiger partial charge in [0, 0.05) is 119 Å². The Morgan fingerprint density at radius 1 is 0.539 bits per heavy atom. The highest BCUT2D eigenvalue weighted by Crippen LogP contribution is 2.65. The van der Waals surface area contributed by atoms with Crippen LogP contribution in [-0.2, 0) is 0 Å². The van der Waals surface area contributed by atoms with E-state index in [1.165, 1.54) is 48.8 Å². The van der Waals surface area contributed by atoms with Crippen molar-refractivity contribution >= 4 is 97.3 Å². The SMILES string of the molecule is Cc1cc(F)nc(-c2c[n+](-c3ccc(Br)cc3N3CCC4(CC3)CC4n3n[n+](-c4ccc(Br)cc4N4CCC5(CC4)CC5)cc3-c3csc(N4CCC(F)(F)CC4)n3)nn2C2CC23CCN(c2cc(Br)ccc2-n2cc(-c4cc(C)nc(Br)c4)nn2)CC3)c1. The molecule has 4 saturated heterocycles. The van der Waals surface area contributed by atoms with E-state index in [2.05, 4.69) is 173 Å². The highest BCUT2D eigenvalue weighted by Gasteiger charge is 2.63. The largest absolute Gasteiger partial charge is 0.370 e. The first kappa shape index (κ1) is 58.0. The molecule has 9 aromatic rings. The van der Waals surface area contributed by atoms with E-state index in [4.69, 9.17) is 15.4 Å². The van der Waals surface area contributed by atoms with Crippen LogP contribution in [0.5, 0.6) is 0 Å². The van der Waals surface area contributed by atoms with Crippen molar-refractivity contribution in [2.45, 2.75) is 109 Å². The maximum absolute atomic E-state index is 15.4. The molecule has 2 unspecified atom stereocenters. The molecular formula is C65H65Br4F3N16S+2. The van der Waals surface area contributed by atoms with Gasteiger partial charge in [0.2, 0.25) is 17.3 Å². The van der Waals surface area contributed by atoms with Crippen LogP contribution < -0.4 is 29.0 Å². The van der Waals surface area contributed by atoms with E-state index in [9.17, 15) is 8.78 Å². The molecule has 24 heteroatoms. The topological polar surface area (TPSA) is 126 Å². The summed E-state index contributed by atoms with van der Waals surface area (Å²) in [4.78, 5) is 23.7. The molecule has 0 amide bonds. The minimum absolute atomic E-state index is 0.00215. The second kappa shape index (κ2) is 22.1. The highest BCUT2D eigenvalue weighted by atomic mass is 79.9. The van der Waals surface area contributed by atoms with Crippen molar-refractivity contribution in [3.05, 3.63) is 138 Å². The van der Waals surface area contributed by atoms with Gasteiger partial charge in [-0.15, -0.1) is 25.8 Å². The van der Waals surface area contributed by atoms with Gasteiger partial charge in [0.25, 0.3) is 5.92 Å². The van der Waals surface area contributed by atoms with Crippen molar-refractivity contribution in [2.24, 2.45) is 16.2 Å². The van der Waals surface area contributed by atoms with Crippen LogP contribution in [0, 0.1) is 36.0 Å². The Bertz CT molecular complexity index is 4200. The Morgan fingerprint density at radius 3 is 1.65 bits per heavy atom. The van der Waals surface area contributed by atoms with Crippen LogP contribution in [0.1, 0.15) is 100 Å². The van der Waals surface area contributed by atoms with E-state index < -0.39 is 11.9 Å². The van der Waals surface area contributed by atoms with Crippen molar-refractivity contribution in [2.75, 3.05) is 72.0 Å². The number of piperidine rings is 4. The van der Waals surface area contributed by atoms with Crippen LogP contribution >= 0.6 is 75.1 Å². The van der Waals surface area contributed by atoms with Crippen LogP contribution in [0.15, 0.2) is 121 Å². The molecule has 0 radical (unpaired) electrons. The summed E-state index contributed by atoms with van der Waals surface area (Å²) in [6.45, 7) is 9.81. The fourth-order valence-corrected chi connectivity index (χ4v) is 17.3. The zero-order valence-corrected chi connectivity index (χ0v) is 56.5. The summed E-state index contributed by atoms with van der Waals surface area (Å²) in [5, 5.41) is 23.0. The lowest BCUT2D eigenvalue weighted by Gasteiger charge is -2.35. The first-order chi connectivity index (χ1) is 42.9. The zero-order valence-electron chi connectivity index (χ0n) is 49.3. The maximum atomic E-state index is 15.4. The summed E-state index contributed by atoms with van der Waals surface area (Å²) >= 11 is 16.5. The molecule has 0 N–H and O–H groups in total. The molecule has 2 atom stereocenters. The van der Waals surface area contributed by atoms with Gasteiger partial charge in [-0.05, 0) is 171 Å². The molecule has 89 heavy (non-hydrogen) atoms. The predicted octanol–water partition coefficient (Wildman–Crippen LogP) is 14.3. The summed E-state index contributed by atoms with van der Waals surface area (Å²) in [5.74, 6) is -3.16. The minimum atomic E-state index is -2.64. The molecule has 10 heterocycles. The van der Waals surface area contributed by atoms with Gasteiger partial charge in [0.1, 0.15) is 33.8 Å². The number of thiazole rings is 1. The van der Waals surface area contributed by atoms with Gasteiger partial charge in [0.05, 0.1) is 39.4 Å². The van der Waals surface area contributed by atoms with Crippen LogP contribution in [0.2, 0.25) is 0 Å². The van der Waals surface area contributed by atoms with Crippen LogP contribution in [0.4, 0.5) is 35.4 Å². The molecule has 3 saturated carbocycles. The van der Waals surface area contributed by atoms with Gasteiger partial charge >= 0.3 is 0 Å². The number of halogens is 7. The molecule has 458 valence electrons. The van der Waals surface area contributed by atoms with Crippen LogP contribution in [0.25, 0.3) is 51.1 Å². The molecule has 6 aromatic heterocycles. The third-order valence-corrected chi connectivity index (χ3v) is 23.3. The van der Waals surface area contributed by atoms with E-state index >= 15 is 4.39 Å².